The predicted octanol–water partition coefficient (Wildman–Crippen LogP) is 1.75. The summed E-state index contributed by atoms with van der Waals surface area (Å²) in [5.41, 5.74) is 1.74. The fourth-order valence-electron chi connectivity index (χ4n) is 2.50. The normalized spacial score (nSPS) is 21.9. The summed E-state index contributed by atoms with van der Waals surface area (Å²) in [4.78, 5) is 7.97. The van der Waals surface area contributed by atoms with E-state index in [0.717, 1.165) is 5.56 Å². The van der Waals surface area contributed by atoms with Crippen LogP contribution in [0, 0.1) is 0 Å². The number of rotatable bonds is 3. The van der Waals surface area contributed by atoms with E-state index in [1.54, 1.807) is 16.6 Å². The van der Waals surface area contributed by atoms with Gasteiger partial charge in [0.1, 0.15) is 6.33 Å². The van der Waals surface area contributed by atoms with Crippen LogP contribution in [-0.4, -0.2) is 28.4 Å². The minimum absolute atomic E-state index is 0.101. The number of aromatic nitrogens is 2. The average Bonchev–Trinajstić information content (AvgIpc) is 2.77. The molecule has 0 N–H and O–H groups in total. The zero-order valence-electron chi connectivity index (χ0n) is 10.9. The van der Waals surface area contributed by atoms with Crippen LogP contribution in [0.2, 0.25) is 0 Å². The molecule has 2 heterocycles. The highest BCUT2D eigenvalue weighted by atomic mass is 32.2. The zero-order valence-corrected chi connectivity index (χ0v) is 11.7. The van der Waals surface area contributed by atoms with E-state index in [2.05, 4.69) is 9.97 Å². The molecule has 1 aromatic carbocycles. The first kappa shape index (κ1) is 13.2. The second kappa shape index (κ2) is 5.30. The molecule has 6 heteroatoms. The second-order valence-electron chi connectivity index (χ2n) is 4.78. The first-order valence-corrected chi connectivity index (χ1v) is 8.07. The smallest absolute Gasteiger partial charge is 0.215 e. The molecule has 1 aromatic heterocycles. The van der Waals surface area contributed by atoms with Crippen LogP contribution in [0.3, 0.4) is 0 Å². The Morgan fingerprint density at radius 2 is 2.00 bits per heavy atom. The lowest BCUT2D eigenvalue weighted by atomic mass is 10.0. The maximum absolute atomic E-state index is 12.2. The topological polar surface area (TPSA) is 63.2 Å². The van der Waals surface area contributed by atoms with Crippen molar-refractivity contribution in [1.29, 1.82) is 0 Å². The molecule has 0 spiro atoms. The van der Waals surface area contributed by atoms with Crippen molar-refractivity contribution in [3.63, 3.8) is 0 Å². The highest BCUT2D eigenvalue weighted by Gasteiger charge is 2.38. The molecule has 5 nitrogen and oxygen atoms in total. The molecule has 1 unspecified atom stereocenters. The fourth-order valence-corrected chi connectivity index (χ4v) is 4.20. The standard InChI is InChI=1S/C14H15N3O2S/c18-20(19)9-7-14(12-4-2-1-3-5-12)17(20)10-13-6-8-15-11-16-13/h1-6,8,11,14H,7,9-10H2. The minimum atomic E-state index is -3.21. The van der Waals surface area contributed by atoms with Crippen molar-refractivity contribution in [3.05, 3.63) is 60.2 Å². The third-order valence-corrected chi connectivity index (χ3v) is 5.35. The number of hydrogen-bond acceptors (Lipinski definition) is 4. The molecule has 1 aliphatic rings. The lowest BCUT2D eigenvalue weighted by Crippen LogP contribution is -2.28. The highest BCUT2D eigenvalue weighted by molar-refractivity contribution is 7.89. The molecule has 3 rings (SSSR count). The Morgan fingerprint density at radius 1 is 1.20 bits per heavy atom. The van der Waals surface area contributed by atoms with Crippen molar-refractivity contribution in [1.82, 2.24) is 14.3 Å². The van der Waals surface area contributed by atoms with E-state index in [4.69, 9.17) is 0 Å². The van der Waals surface area contributed by atoms with Gasteiger partial charge in [0.05, 0.1) is 24.0 Å². The maximum atomic E-state index is 12.2. The SMILES string of the molecule is O=S1(=O)CCC(c2ccccc2)N1Cc1ccncn1. The summed E-state index contributed by atoms with van der Waals surface area (Å²) in [7, 11) is -3.21. The number of benzene rings is 1. The molecule has 1 fully saturated rings. The van der Waals surface area contributed by atoms with Crippen LogP contribution in [0.5, 0.6) is 0 Å². The van der Waals surface area contributed by atoms with Crippen molar-refractivity contribution in [2.24, 2.45) is 0 Å². The fraction of sp³-hybridized carbons (Fsp3) is 0.286. The van der Waals surface area contributed by atoms with E-state index in [9.17, 15) is 8.42 Å². The van der Waals surface area contributed by atoms with Gasteiger partial charge >= 0.3 is 0 Å². The van der Waals surface area contributed by atoms with Gasteiger partial charge in [0.25, 0.3) is 0 Å². The number of sulfonamides is 1. The lowest BCUT2D eigenvalue weighted by molar-refractivity contribution is 0.340. The quantitative estimate of drug-likeness (QED) is 0.863. The van der Waals surface area contributed by atoms with Gasteiger partial charge in [-0.15, -0.1) is 0 Å². The number of nitrogens with zero attached hydrogens (tertiary/aromatic N) is 3. The van der Waals surface area contributed by atoms with E-state index in [-0.39, 0.29) is 11.8 Å². The van der Waals surface area contributed by atoms with Gasteiger partial charge < -0.3 is 0 Å². The zero-order chi connectivity index (χ0) is 14.0. The first-order chi connectivity index (χ1) is 9.67. The van der Waals surface area contributed by atoms with Crippen molar-refractivity contribution >= 4 is 10.0 Å². The summed E-state index contributed by atoms with van der Waals surface area (Å²) in [5, 5.41) is 0. The van der Waals surface area contributed by atoms with Gasteiger partial charge in [-0.25, -0.2) is 18.4 Å². The summed E-state index contributed by atoms with van der Waals surface area (Å²) < 4.78 is 26.0. The monoisotopic (exact) mass is 289 g/mol. The molecule has 0 aliphatic carbocycles. The van der Waals surface area contributed by atoms with E-state index in [0.29, 0.717) is 18.7 Å². The molecule has 2 aromatic rings. The van der Waals surface area contributed by atoms with E-state index < -0.39 is 10.0 Å². The lowest BCUT2D eigenvalue weighted by Gasteiger charge is -2.22. The van der Waals surface area contributed by atoms with E-state index >= 15 is 0 Å². The molecule has 0 saturated carbocycles. The Hall–Kier alpha value is -1.79. The van der Waals surface area contributed by atoms with Gasteiger partial charge in [-0.1, -0.05) is 30.3 Å². The molecular formula is C14H15N3O2S. The molecule has 0 amide bonds. The van der Waals surface area contributed by atoms with Gasteiger partial charge in [-0.2, -0.15) is 4.31 Å². The predicted molar refractivity (Wildman–Crippen MR) is 75.2 cm³/mol. The van der Waals surface area contributed by atoms with Crippen LogP contribution in [-0.2, 0) is 16.6 Å². The first-order valence-electron chi connectivity index (χ1n) is 6.46. The number of hydrogen-bond donors (Lipinski definition) is 0. The van der Waals surface area contributed by atoms with Gasteiger partial charge in [-0.3, -0.25) is 0 Å². The van der Waals surface area contributed by atoms with E-state index in [1.165, 1.54) is 6.33 Å². The summed E-state index contributed by atoms with van der Waals surface area (Å²) in [6.07, 6.45) is 3.69. The molecule has 1 saturated heterocycles. The Kier molecular flexibility index (Phi) is 3.50. The molecule has 0 radical (unpaired) electrons. The van der Waals surface area contributed by atoms with Gasteiger partial charge in [-0.05, 0) is 18.1 Å². The third kappa shape index (κ3) is 2.57. The van der Waals surface area contributed by atoms with Crippen molar-refractivity contribution in [2.75, 3.05) is 5.75 Å². The van der Waals surface area contributed by atoms with E-state index in [1.807, 2.05) is 30.3 Å². The van der Waals surface area contributed by atoms with Crippen LogP contribution < -0.4 is 0 Å². The summed E-state index contributed by atoms with van der Waals surface area (Å²) >= 11 is 0. The van der Waals surface area contributed by atoms with Crippen LogP contribution in [0.25, 0.3) is 0 Å². The summed E-state index contributed by atoms with van der Waals surface area (Å²) in [5.74, 6) is 0.192. The Bertz CT molecular complexity index is 674. The molecule has 1 aliphatic heterocycles. The average molecular weight is 289 g/mol. The molecule has 20 heavy (non-hydrogen) atoms. The Morgan fingerprint density at radius 3 is 2.70 bits per heavy atom. The van der Waals surface area contributed by atoms with Crippen LogP contribution in [0.15, 0.2) is 48.9 Å². The third-order valence-electron chi connectivity index (χ3n) is 3.50. The van der Waals surface area contributed by atoms with Crippen LogP contribution in [0.1, 0.15) is 23.7 Å². The summed E-state index contributed by atoms with van der Waals surface area (Å²) in [6.45, 7) is 0.296. The van der Waals surface area contributed by atoms with Gasteiger partial charge in [0.15, 0.2) is 0 Å². The van der Waals surface area contributed by atoms with Crippen molar-refractivity contribution in [3.8, 4) is 0 Å². The Labute approximate surface area is 118 Å². The maximum Gasteiger partial charge on any atom is 0.215 e. The Balaban J connectivity index is 1.92. The van der Waals surface area contributed by atoms with Crippen LogP contribution in [0.4, 0.5) is 0 Å². The van der Waals surface area contributed by atoms with Crippen molar-refractivity contribution < 1.29 is 8.42 Å². The molecular weight excluding hydrogens is 274 g/mol. The molecule has 104 valence electrons. The van der Waals surface area contributed by atoms with Crippen LogP contribution >= 0.6 is 0 Å². The summed E-state index contributed by atoms with van der Waals surface area (Å²) in [6, 6.07) is 11.4. The highest BCUT2D eigenvalue weighted by Crippen LogP contribution is 2.35. The largest absolute Gasteiger partial charge is 0.245 e. The second-order valence-corrected chi connectivity index (χ2v) is 6.82. The minimum Gasteiger partial charge on any atom is -0.245 e. The van der Waals surface area contributed by atoms with Crippen molar-refractivity contribution in [2.45, 2.75) is 19.0 Å². The molecule has 0 bridgehead atoms. The molecule has 1 atom stereocenters. The van der Waals surface area contributed by atoms with Gasteiger partial charge in [0.2, 0.25) is 10.0 Å². The van der Waals surface area contributed by atoms with Gasteiger partial charge in [0, 0.05) is 6.20 Å².